The number of hydrazine groups is 1. The minimum absolute atomic E-state index is 0.0763. The molecule has 0 radical (unpaired) electrons. The van der Waals surface area contributed by atoms with Crippen molar-refractivity contribution in [1.29, 1.82) is 0 Å². The summed E-state index contributed by atoms with van der Waals surface area (Å²) < 4.78 is 0. The maximum Gasteiger partial charge on any atom is 0.160 e. The minimum Gasteiger partial charge on any atom is -0.295 e. The first-order valence-corrected chi connectivity index (χ1v) is 3.77. The Hall–Kier alpha value is -1.42. The summed E-state index contributed by atoms with van der Waals surface area (Å²) in [4.78, 5) is 15.2. The Balaban J connectivity index is 2.40. The van der Waals surface area contributed by atoms with Crippen LogP contribution in [0.1, 0.15) is 6.92 Å². The number of ketones is 1. The number of aliphatic imine (C=N–C) groups is 1. The Morgan fingerprint density at radius 3 is 3.33 bits per heavy atom. The number of allylic oxidation sites excluding steroid dienone is 1. The molecule has 0 amide bonds. The molecule has 4 heteroatoms. The van der Waals surface area contributed by atoms with Crippen LogP contribution in [0.5, 0.6) is 0 Å². The van der Waals surface area contributed by atoms with Crippen LogP contribution in [0.3, 0.4) is 0 Å². The van der Waals surface area contributed by atoms with Crippen LogP contribution in [-0.4, -0.2) is 23.6 Å². The number of hydrogen-bond donors (Lipinski definition) is 1. The van der Waals surface area contributed by atoms with E-state index in [9.17, 15) is 4.79 Å². The van der Waals surface area contributed by atoms with Gasteiger partial charge in [-0.3, -0.25) is 9.80 Å². The van der Waals surface area contributed by atoms with Gasteiger partial charge in [0.05, 0.1) is 5.57 Å². The van der Waals surface area contributed by atoms with Gasteiger partial charge in [0.15, 0.2) is 11.6 Å². The second-order valence-electron chi connectivity index (χ2n) is 2.68. The molecule has 1 N–H and O–H groups in total. The van der Waals surface area contributed by atoms with Crippen molar-refractivity contribution in [2.75, 3.05) is 6.54 Å². The quantitative estimate of drug-likeness (QED) is 0.600. The number of fused-ring (bicyclic) bond motifs is 1. The molecule has 62 valence electrons. The number of carbonyl (C=O) groups excluding carboxylic acids is 1. The Morgan fingerprint density at radius 2 is 2.58 bits per heavy atom. The van der Waals surface area contributed by atoms with E-state index in [1.54, 1.807) is 18.1 Å². The summed E-state index contributed by atoms with van der Waals surface area (Å²) in [5.74, 6) is 0.803. The van der Waals surface area contributed by atoms with Gasteiger partial charge < -0.3 is 0 Å². The normalized spacial score (nSPS) is 20.2. The van der Waals surface area contributed by atoms with Crippen molar-refractivity contribution in [3.05, 3.63) is 23.7 Å². The SMILES string of the molecule is CC(=O)C1=C2N=CC=CN2NC1. The Bertz CT molecular complexity index is 314. The van der Waals surface area contributed by atoms with E-state index in [0.717, 1.165) is 11.4 Å². The van der Waals surface area contributed by atoms with Crippen molar-refractivity contribution in [3.8, 4) is 0 Å². The van der Waals surface area contributed by atoms with Crippen LogP contribution in [0.2, 0.25) is 0 Å². The summed E-state index contributed by atoms with van der Waals surface area (Å²) in [5.41, 5.74) is 3.77. The molecule has 4 nitrogen and oxygen atoms in total. The van der Waals surface area contributed by atoms with E-state index in [2.05, 4.69) is 10.4 Å². The van der Waals surface area contributed by atoms with E-state index in [1.165, 1.54) is 0 Å². The average Bonchev–Trinajstić information content (AvgIpc) is 2.47. The lowest BCUT2D eigenvalue weighted by atomic mass is 10.2. The highest BCUT2D eigenvalue weighted by Gasteiger charge is 2.23. The fourth-order valence-electron chi connectivity index (χ4n) is 1.25. The van der Waals surface area contributed by atoms with Gasteiger partial charge in [0.25, 0.3) is 0 Å². The van der Waals surface area contributed by atoms with Gasteiger partial charge in [-0.05, 0) is 13.0 Å². The van der Waals surface area contributed by atoms with Crippen LogP contribution < -0.4 is 5.43 Å². The van der Waals surface area contributed by atoms with E-state index < -0.39 is 0 Å². The van der Waals surface area contributed by atoms with Crippen molar-refractivity contribution in [1.82, 2.24) is 10.4 Å². The fraction of sp³-hybridized carbons (Fsp3) is 0.250. The Labute approximate surface area is 70.2 Å². The van der Waals surface area contributed by atoms with Crippen molar-refractivity contribution >= 4 is 12.0 Å². The van der Waals surface area contributed by atoms with E-state index >= 15 is 0 Å². The lowest BCUT2D eigenvalue weighted by Gasteiger charge is -2.15. The molecule has 0 aromatic carbocycles. The van der Waals surface area contributed by atoms with Crippen molar-refractivity contribution in [3.63, 3.8) is 0 Å². The van der Waals surface area contributed by atoms with Crippen LogP contribution in [-0.2, 0) is 4.79 Å². The van der Waals surface area contributed by atoms with E-state index in [4.69, 9.17) is 0 Å². The molecule has 0 unspecified atom stereocenters. The van der Waals surface area contributed by atoms with Crippen LogP contribution in [0.4, 0.5) is 0 Å². The number of nitrogens with one attached hydrogen (secondary N) is 1. The number of nitrogens with zero attached hydrogens (tertiary/aromatic N) is 2. The first kappa shape index (κ1) is 7.24. The molecular weight excluding hydrogens is 154 g/mol. The molecule has 0 atom stereocenters. The summed E-state index contributed by atoms with van der Waals surface area (Å²) in [6.07, 6.45) is 5.35. The van der Waals surface area contributed by atoms with Gasteiger partial charge in [0, 0.05) is 19.0 Å². The molecule has 12 heavy (non-hydrogen) atoms. The summed E-state index contributed by atoms with van der Waals surface area (Å²) in [6.45, 7) is 2.13. The predicted octanol–water partition coefficient (Wildman–Crippen LogP) is 0.205. The molecule has 2 heterocycles. The molecule has 0 fully saturated rings. The maximum atomic E-state index is 11.1. The van der Waals surface area contributed by atoms with Gasteiger partial charge in [0.1, 0.15) is 0 Å². The Kier molecular flexibility index (Phi) is 1.55. The number of hydrogen-bond acceptors (Lipinski definition) is 4. The third kappa shape index (κ3) is 0.967. The molecule has 2 aliphatic rings. The standard InChI is InChI=1S/C8H9N3O/c1-6(12)7-5-10-11-4-2-3-9-8(7)11/h2-4,10H,5H2,1H3. The zero-order valence-electron chi connectivity index (χ0n) is 6.74. The molecule has 0 spiro atoms. The monoisotopic (exact) mass is 163 g/mol. The number of rotatable bonds is 1. The van der Waals surface area contributed by atoms with Crippen molar-refractivity contribution in [2.45, 2.75) is 6.92 Å². The zero-order valence-corrected chi connectivity index (χ0v) is 6.74. The topological polar surface area (TPSA) is 44.7 Å². The van der Waals surface area contributed by atoms with Crippen molar-refractivity contribution in [2.24, 2.45) is 4.99 Å². The molecular formula is C8H9N3O. The van der Waals surface area contributed by atoms with Gasteiger partial charge in [-0.15, -0.1) is 0 Å². The highest BCUT2D eigenvalue weighted by atomic mass is 16.1. The number of Topliss-reactive ketones (excluding diaryl/α,β-unsaturated/α-hetero) is 1. The second kappa shape index (κ2) is 2.57. The second-order valence-corrected chi connectivity index (χ2v) is 2.68. The smallest absolute Gasteiger partial charge is 0.160 e. The van der Waals surface area contributed by atoms with Crippen molar-refractivity contribution < 1.29 is 4.79 Å². The van der Waals surface area contributed by atoms with E-state index in [1.807, 2.05) is 12.3 Å². The largest absolute Gasteiger partial charge is 0.295 e. The lowest BCUT2D eigenvalue weighted by molar-refractivity contribution is -0.113. The summed E-state index contributed by atoms with van der Waals surface area (Å²) in [6, 6.07) is 0. The van der Waals surface area contributed by atoms with Gasteiger partial charge in [-0.2, -0.15) is 0 Å². The average molecular weight is 163 g/mol. The lowest BCUT2D eigenvalue weighted by Crippen LogP contribution is -2.27. The molecule has 0 aliphatic carbocycles. The molecule has 2 aliphatic heterocycles. The first-order valence-electron chi connectivity index (χ1n) is 3.77. The molecule has 2 rings (SSSR count). The van der Waals surface area contributed by atoms with Crippen LogP contribution in [0.25, 0.3) is 0 Å². The number of carbonyl (C=O) groups is 1. The summed E-state index contributed by atoms with van der Waals surface area (Å²) in [5, 5.41) is 1.76. The molecule has 0 aromatic heterocycles. The van der Waals surface area contributed by atoms with E-state index in [-0.39, 0.29) is 5.78 Å². The Morgan fingerprint density at radius 1 is 1.75 bits per heavy atom. The zero-order chi connectivity index (χ0) is 8.55. The molecule has 0 saturated carbocycles. The van der Waals surface area contributed by atoms with Gasteiger partial charge in [-0.25, -0.2) is 10.4 Å². The highest BCUT2D eigenvalue weighted by molar-refractivity contribution is 5.95. The van der Waals surface area contributed by atoms with Crippen LogP contribution in [0.15, 0.2) is 28.7 Å². The summed E-state index contributed by atoms with van der Waals surface area (Å²) >= 11 is 0. The molecule has 0 bridgehead atoms. The van der Waals surface area contributed by atoms with Gasteiger partial charge >= 0.3 is 0 Å². The van der Waals surface area contributed by atoms with Crippen LogP contribution in [0, 0.1) is 0 Å². The molecule has 0 saturated heterocycles. The third-order valence-corrected chi connectivity index (χ3v) is 1.87. The van der Waals surface area contributed by atoms with Gasteiger partial charge in [0.2, 0.25) is 0 Å². The highest BCUT2D eigenvalue weighted by Crippen LogP contribution is 2.18. The first-order chi connectivity index (χ1) is 5.79. The fourth-order valence-corrected chi connectivity index (χ4v) is 1.25. The van der Waals surface area contributed by atoms with E-state index in [0.29, 0.717) is 6.54 Å². The molecule has 0 aromatic rings. The minimum atomic E-state index is 0.0763. The van der Waals surface area contributed by atoms with Gasteiger partial charge in [-0.1, -0.05) is 0 Å². The van der Waals surface area contributed by atoms with Crippen LogP contribution >= 0.6 is 0 Å². The predicted molar refractivity (Wildman–Crippen MR) is 45.2 cm³/mol. The summed E-state index contributed by atoms with van der Waals surface area (Å²) in [7, 11) is 0. The third-order valence-electron chi connectivity index (χ3n) is 1.87. The maximum absolute atomic E-state index is 11.1.